The molecule has 0 aromatic heterocycles. The normalized spacial score (nSPS) is 31.6. The van der Waals surface area contributed by atoms with Crippen molar-refractivity contribution in [3.8, 4) is 0 Å². The second-order valence-corrected chi connectivity index (χ2v) is 16.3. The van der Waals surface area contributed by atoms with Crippen LogP contribution in [0.25, 0.3) is 0 Å². The molecule has 0 fully saturated rings. The van der Waals surface area contributed by atoms with Crippen LogP contribution in [0.2, 0.25) is 0 Å². The highest BCUT2D eigenvalue weighted by Gasteiger charge is 2.39. The van der Waals surface area contributed by atoms with Crippen LogP contribution < -0.4 is 10.2 Å². The fourth-order valence-corrected chi connectivity index (χ4v) is 10.6. The molecule has 2 aromatic carbocycles. The van der Waals surface area contributed by atoms with Gasteiger partial charge in [0.15, 0.2) is 0 Å². The van der Waals surface area contributed by atoms with E-state index in [0.717, 1.165) is 25.2 Å². The van der Waals surface area contributed by atoms with Gasteiger partial charge in [-0.15, -0.1) is 0 Å². The number of benzene rings is 2. The fourth-order valence-electron chi connectivity index (χ4n) is 10.6. The van der Waals surface area contributed by atoms with Crippen molar-refractivity contribution in [1.29, 1.82) is 0 Å². The summed E-state index contributed by atoms with van der Waals surface area (Å²) in [5, 5.41) is 3.97. The number of nitrogens with one attached hydrogen (secondary N) is 1. The van der Waals surface area contributed by atoms with Crippen molar-refractivity contribution in [3.63, 3.8) is 0 Å². The Morgan fingerprint density at radius 3 is 2.39 bits per heavy atom. The molecule has 0 spiro atoms. The maximum Gasteiger partial charge on any atom is 0.0455 e. The summed E-state index contributed by atoms with van der Waals surface area (Å²) in [6.45, 7) is 2.46. The molecule has 1 aliphatic heterocycles. The zero-order chi connectivity index (χ0) is 34.1. The van der Waals surface area contributed by atoms with E-state index in [1.165, 1.54) is 74.1 Å². The van der Waals surface area contributed by atoms with Crippen LogP contribution in [0.15, 0.2) is 167 Å². The summed E-state index contributed by atoms with van der Waals surface area (Å²) in [7, 11) is 0. The Morgan fingerprint density at radius 1 is 0.706 bits per heavy atom. The Kier molecular flexibility index (Phi) is 9.19. The lowest BCUT2D eigenvalue weighted by Gasteiger charge is -2.39. The Morgan fingerprint density at radius 2 is 1.55 bits per heavy atom. The third-order valence-electron chi connectivity index (χ3n) is 13.1. The van der Waals surface area contributed by atoms with E-state index in [4.69, 9.17) is 0 Å². The van der Waals surface area contributed by atoms with Crippen LogP contribution in [0.1, 0.15) is 77.6 Å². The van der Waals surface area contributed by atoms with Crippen LogP contribution in [-0.4, -0.2) is 6.04 Å². The van der Waals surface area contributed by atoms with Crippen LogP contribution >= 0.6 is 0 Å². The number of para-hydroxylation sites is 2. The average molecular weight is 671 g/mol. The molecule has 1 N–H and O–H groups in total. The molecule has 0 bridgehead atoms. The smallest absolute Gasteiger partial charge is 0.0455 e. The van der Waals surface area contributed by atoms with Crippen molar-refractivity contribution in [1.82, 2.24) is 0 Å². The first kappa shape index (κ1) is 32.6. The Bertz CT molecular complexity index is 1890. The molecule has 9 rings (SSSR count). The van der Waals surface area contributed by atoms with Crippen molar-refractivity contribution >= 4 is 11.4 Å². The average Bonchev–Trinajstić information content (AvgIpc) is 3.53. The van der Waals surface area contributed by atoms with Gasteiger partial charge in [0.1, 0.15) is 0 Å². The summed E-state index contributed by atoms with van der Waals surface area (Å²) < 4.78 is 0. The molecule has 2 heteroatoms. The van der Waals surface area contributed by atoms with E-state index >= 15 is 0 Å². The van der Waals surface area contributed by atoms with E-state index in [-0.39, 0.29) is 0 Å². The number of hydrogen-bond acceptors (Lipinski definition) is 2. The molecule has 51 heavy (non-hydrogen) atoms. The first-order chi connectivity index (χ1) is 25.2. The molecule has 7 unspecified atom stereocenters. The predicted octanol–water partition coefficient (Wildman–Crippen LogP) is 12.6. The molecule has 2 aromatic rings. The van der Waals surface area contributed by atoms with Gasteiger partial charge in [-0.3, -0.25) is 0 Å². The largest absolute Gasteiger partial charge is 0.382 e. The van der Waals surface area contributed by atoms with Gasteiger partial charge in [0.05, 0.1) is 0 Å². The van der Waals surface area contributed by atoms with E-state index in [0.29, 0.717) is 35.6 Å². The molecule has 0 saturated carbocycles. The summed E-state index contributed by atoms with van der Waals surface area (Å²) >= 11 is 0. The number of rotatable bonds is 7. The van der Waals surface area contributed by atoms with Gasteiger partial charge in [-0.25, -0.2) is 0 Å². The van der Waals surface area contributed by atoms with Crippen molar-refractivity contribution in [2.75, 3.05) is 10.2 Å². The summed E-state index contributed by atoms with van der Waals surface area (Å²) in [5.41, 5.74) is 13.6. The van der Waals surface area contributed by atoms with Crippen molar-refractivity contribution in [2.24, 2.45) is 35.5 Å². The Labute approximate surface area is 306 Å². The SMILES string of the molecule is CC1C=C(C2=CC=C3C(C2)C2=C(CCC=C2)N3c2ccccc2)CC(C2C=CC=C(C3=CC(C4CC=CCC4)C(Nc4ccccc4)CC3)C2)C1. The van der Waals surface area contributed by atoms with E-state index < -0.39 is 0 Å². The van der Waals surface area contributed by atoms with Gasteiger partial charge in [0.2, 0.25) is 0 Å². The molecular weight excluding hydrogens is 617 g/mol. The minimum absolute atomic E-state index is 0.462. The van der Waals surface area contributed by atoms with Gasteiger partial charge in [0, 0.05) is 40.6 Å². The number of hydrogen-bond donors (Lipinski definition) is 1. The van der Waals surface area contributed by atoms with Gasteiger partial charge in [-0.05, 0) is 153 Å². The highest BCUT2D eigenvalue weighted by molar-refractivity contribution is 5.68. The zero-order valence-electron chi connectivity index (χ0n) is 30.4. The van der Waals surface area contributed by atoms with E-state index in [1.54, 1.807) is 27.9 Å². The lowest BCUT2D eigenvalue weighted by molar-refractivity contribution is 0.303. The van der Waals surface area contributed by atoms with Crippen LogP contribution in [0.5, 0.6) is 0 Å². The third-order valence-corrected chi connectivity index (χ3v) is 13.1. The summed E-state index contributed by atoms with van der Waals surface area (Å²) in [6, 6.07) is 22.4. The standard InChI is InChI=1S/C49H54N2/c1-34-28-40(31-41(29-34)39-25-27-49-46(33-39)44-22-11-12-23-48(44)51(49)43-20-9-4-10-21-43)37-17-13-16-36(30-37)38-24-26-47(50-42-18-7-3-8-19-42)45(32-38)35-14-5-2-6-15-35/h2-5,7-11,13,16-22,25,27,29,32,34-35,37,40,45-47,50H,6,12,14-15,23-24,26,28,30-31,33H2,1H3. The maximum absolute atomic E-state index is 3.97. The maximum atomic E-state index is 3.97. The first-order valence-corrected chi connectivity index (χ1v) is 20.1. The molecule has 2 nitrogen and oxygen atoms in total. The lowest BCUT2D eigenvalue weighted by Crippen LogP contribution is -2.36. The van der Waals surface area contributed by atoms with E-state index in [1.807, 2.05) is 0 Å². The minimum atomic E-state index is 0.462. The molecular formula is C49H54N2. The van der Waals surface area contributed by atoms with Crippen molar-refractivity contribution in [2.45, 2.75) is 83.6 Å². The highest BCUT2D eigenvalue weighted by atomic mass is 15.2. The van der Waals surface area contributed by atoms with Gasteiger partial charge in [-0.2, -0.15) is 0 Å². The topological polar surface area (TPSA) is 15.3 Å². The molecule has 1 heterocycles. The van der Waals surface area contributed by atoms with Crippen LogP contribution in [0, 0.1) is 35.5 Å². The second-order valence-electron chi connectivity index (χ2n) is 16.3. The Hall–Kier alpha value is -4.30. The number of allylic oxidation sites excluding steroid dienone is 16. The van der Waals surface area contributed by atoms with Gasteiger partial charge in [-0.1, -0.05) is 104 Å². The molecule has 0 amide bonds. The lowest BCUT2D eigenvalue weighted by atomic mass is 9.68. The molecule has 0 radical (unpaired) electrons. The third kappa shape index (κ3) is 6.63. The van der Waals surface area contributed by atoms with Crippen molar-refractivity contribution < 1.29 is 0 Å². The molecule has 6 aliphatic carbocycles. The second kappa shape index (κ2) is 14.4. The summed E-state index contributed by atoms with van der Waals surface area (Å²) in [4.78, 5) is 2.58. The quantitative estimate of drug-likeness (QED) is 0.295. The highest BCUT2D eigenvalue weighted by Crippen LogP contribution is 2.51. The number of nitrogens with zero attached hydrogens (tertiary/aromatic N) is 1. The molecule has 7 atom stereocenters. The van der Waals surface area contributed by atoms with E-state index in [2.05, 4.69) is 145 Å². The van der Waals surface area contributed by atoms with Gasteiger partial charge in [0.25, 0.3) is 0 Å². The molecule has 260 valence electrons. The van der Waals surface area contributed by atoms with Crippen LogP contribution in [-0.2, 0) is 0 Å². The molecule has 0 saturated heterocycles. The van der Waals surface area contributed by atoms with Gasteiger partial charge < -0.3 is 10.2 Å². The summed E-state index contributed by atoms with van der Waals surface area (Å²) in [6.07, 6.45) is 40.6. The predicted molar refractivity (Wildman–Crippen MR) is 215 cm³/mol. The monoisotopic (exact) mass is 670 g/mol. The number of fused-ring (bicyclic) bond motifs is 2. The van der Waals surface area contributed by atoms with Crippen molar-refractivity contribution in [3.05, 3.63) is 167 Å². The van der Waals surface area contributed by atoms with Gasteiger partial charge >= 0.3 is 0 Å². The summed E-state index contributed by atoms with van der Waals surface area (Å²) in [5.74, 6) is 3.68. The van der Waals surface area contributed by atoms with Crippen LogP contribution in [0.3, 0.4) is 0 Å². The zero-order valence-corrected chi connectivity index (χ0v) is 30.4. The van der Waals surface area contributed by atoms with E-state index in [9.17, 15) is 0 Å². The van der Waals surface area contributed by atoms with Crippen LogP contribution in [0.4, 0.5) is 11.4 Å². The minimum Gasteiger partial charge on any atom is -0.382 e. The Balaban J connectivity index is 0.922. The number of anilines is 2. The first-order valence-electron chi connectivity index (χ1n) is 20.1. The fraction of sp³-hybridized carbons (Fsp3) is 0.388. The molecule has 7 aliphatic rings.